The molecule has 1 amide bonds. The topological polar surface area (TPSA) is 81.7 Å². The zero-order chi connectivity index (χ0) is 25.0. The maximum Gasteiger partial charge on any atom is 0.337 e. The van der Waals surface area contributed by atoms with Crippen molar-refractivity contribution in [3.8, 4) is 0 Å². The lowest BCUT2D eigenvalue weighted by Crippen LogP contribution is -2.14. The number of unbranched alkanes of at least 4 members (excludes halogenated alkanes) is 11. The lowest BCUT2D eigenvalue weighted by molar-refractivity contribution is -0.116. The van der Waals surface area contributed by atoms with E-state index in [4.69, 9.17) is 9.47 Å². The number of nitrogens with one attached hydrogen (secondary N) is 1. The SMILES string of the molecule is CCCCCCCCC=CCCCCCCCC(=O)Nc1cc(C(=O)OC)cc(C(=O)OC)c1. The highest BCUT2D eigenvalue weighted by Gasteiger charge is 2.15. The van der Waals surface area contributed by atoms with Gasteiger partial charge in [-0.15, -0.1) is 0 Å². The number of anilines is 1. The van der Waals surface area contributed by atoms with Gasteiger partial charge in [-0.1, -0.05) is 70.4 Å². The van der Waals surface area contributed by atoms with Crippen LogP contribution < -0.4 is 5.32 Å². The Bertz CT molecular complexity index is 738. The summed E-state index contributed by atoms with van der Waals surface area (Å²) in [6.07, 6.45) is 20.7. The number of carbonyl (C=O) groups is 3. The minimum atomic E-state index is -0.585. The van der Waals surface area contributed by atoms with Gasteiger partial charge in [-0.2, -0.15) is 0 Å². The second-order valence-corrected chi connectivity index (χ2v) is 8.66. The van der Waals surface area contributed by atoms with Crippen LogP contribution in [0, 0.1) is 0 Å². The Morgan fingerprint density at radius 2 is 1.18 bits per heavy atom. The fourth-order valence-corrected chi connectivity index (χ4v) is 3.75. The molecule has 0 heterocycles. The first kappa shape index (κ1) is 29.4. The first-order valence-electron chi connectivity index (χ1n) is 12.8. The van der Waals surface area contributed by atoms with Crippen molar-refractivity contribution in [2.45, 2.75) is 96.8 Å². The molecule has 190 valence electrons. The lowest BCUT2D eigenvalue weighted by Gasteiger charge is -2.09. The van der Waals surface area contributed by atoms with Crippen LogP contribution in [0.25, 0.3) is 0 Å². The number of carbonyl (C=O) groups excluding carboxylic acids is 3. The molecule has 1 N–H and O–H groups in total. The number of hydrogen-bond donors (Lipinski definition) is 1. The normalized spacial score (nSPS) is 10.9. The van der Waals surface area contributed by atoms with E-state index in [0.29, 0.717) is 12.1 Å². The Morgan fingerprint density at radius 1 is 0.706 bits per heavy atom. The van der Waals surface area contributed by atoms with E-state index >= 15 is 0 Å². The highest BCUT2D eigenvalue weighted by molar-refractivity contribution is 5.99. The van der Waals surface area contributed by atoms with Crippen LogP contribution in [0.15, 0.2) is 30.4 Å². The zero-order valence-electron chi connectivity index (χ0n) is 21.3. The number of amides is 1. The number of benzene rings is 1. The number of methoxy groups -OCH3 is 2. The molecular formula is C28H43NO5. The summed E-state index contributed by atoms with van der Waals surface area (Å²) in [6.45, 7) is 2.25. The van der Waals surface area contributed by atoms with Crippen LogP contribution in [-0.2, 0) is 14.3 Å². The molecule has 6 nitrogen and oxygen atoms in total. The van der Waals surface area contributed by atoms with Gasteiger partial charge < -0.3 is 14.8 Å². The van der Waals surface area contributed by atoms with Gasteiger partial charge in [-0.05, 0) is 50.3 Å². The molecule has 0 aromatic heterocycles. The van der Waals surface area contributed by atoms with Gasteiger partial charge >= 0.3 is 11.9 Å². The Balaban J connectivity index is 2.20. The standard InChI is InChI=1S/C28H43NO5/c1-4-5-6-7-8-9-10-11-12-13-14-15-16-17-18-19-26(30)29-25-21-23(27(31)33-2)20-24(22-25)28(32)34-3/h11-12,20-22H,4-10,13-19H2,1-3H3,(H,29,30). The number of hydrogen-bond acceptors (Lipinski definition) is 5. The number of esters is 2. The van der Waals surface area contributed by atoms with Gasteiger partial charge in [0.25, 0.3) is 0 Å². The molecule has 0 radical (unpaired) electrons. The highest BCUT2D eigenvalue weighted by Crippen LogP contribution is 2.18. The summed E-state index contributed by atoms with van der Waals surface area (Å²) in [6, 6.07) is 4.38. The van der Waals surface area contributed by atoms with E-state index in [9.17, 15) is 14.4 Å². The molecule has 1 rings (SSSR count). The molecule has 0 aliphatic heterocycles. The molecule has 0 saturated heterocycles. The van der Waals surface area contributed by atoms with Gasteiger partial charge in [-0.3, -0.25) is 4.79 Å². The first-order chi connectivity index (χ1) is 16.5. The van der Waals surface area contributed by atoms with Gasteiger partial charge in [0.05, 0.1) is 25.3 Å². The molecule has 0 fully saturated rings. The maximum absolute atomic E-state index is 12.3. The third-order valence-electron chi connectivity index (χ3n) is 5.72. The van der Waals surface area contributed by atoms with Crippen LogP contribution in [0.3, 0.4) is 0 Å². The van der Waals surface area contributed by atoms with Crippen molar-refractivity contribution in [1.82, 2.24) is 0 Å². The monoisotopic (exact) mass is 473 g/mol. The average Bonchev–Trinajstić information content (AvgIpc) is 2.85. The van der Waals surface area contributed by atoms with Crippen LogP contribution in [0.2, 0.25) is 0 Å². The highest BCUT2D eigenvalue weighted by atomic mass is 16.5. The Kier molecular flexibility index (Phi) is 16.2. The summed E-state index contributed by atoms with van der Waals surface area (Å²) in [5.41, 5.74) is 0.740. The molecule has 0 bridgehead atoms. The van der Waals surface area contributed by atoms with Crippen molar-refractivity contribution in [2.24, 2.45) is 0 Å². The molecule has 0 aliphatic carbocycles. The van der Waals surface area contributed by atoms with E-state index in [2.05, 4.69) is 24.4 Å². The molecular weight excluding hydrogens is 430 g/mol. The van der Waals surface area contributed by atoms with E-state index in [1.807, 2.05) is 0 Å². The molecule has 1 aromatic rings. The van der Waals surface area contributed by atoms with Crippen molar-refractivity contribution >= 4 is 23.5 Å². The molecule has 1 aromatic carbocycles. The zero-order valence-corrected chi connectivity index (χ0v) is 21.3. The number of rotatable bonds is 18. The maximum atomic E-state index is 12.3. The van der Waals surface area contributed by atoms with Crippen molar-refractivity contribution in [2.75, 3.05) is 19.5 Å². The molecule has 0 spiro atoms. The van der Waals surface area contributed by atoms with Crippen LogP contribution >= 0.6 is 0 Å². The summed E-state index contributed by atoms with van der Waals surface area (Å²) in [4.78, 5) is 36.0. The van der Waals surface area contributed by atoms with Crippen molar-refractivity contribution in [1.29, 1.82) is 0 Å². The van der Waals surface area contributed by atoms with Gasteiger partial charge in [0.15, 0.2) is 0 Å². The van der Waals surface area contributed by atoms with Crippen LogP contribution in [0.4, 0.5) is 5.69 Å². The average molecular weight is 474 g/mol. The second kappa shape index (κ2) is 18.8. The molecule has 6 heteroatoms. The van der Waals surface area contributed by atoms with Crippen LogP contribution in [-0.4, -0.2) is 32.1 Å². The van der Waals surface area contributed by atoms with E-state index in [0.717, 1.165) is 25.7 Å². The fraction of sp³-hybridized carbons (Fsp3) is 0.607. The van der Waals surface area contributed by atoms with Gasteiger partial charge in [-0.25, -0.2) is 9.59 Å². The van der Waals surface area contributed by atoms with Gasteiger partial charge in [0, 0.05) is 12.1 Å². The molecule has 0 aliphatic rings. The molecule has 0 unspecified atom stereocenters. The van der Waals surface area contributed by atoms with E-state index < -0.39 is 11.9 Å². The Labute approximate surface area is 205 Å². The fourth-order valence-electron chi connectivity index (χ4n) is 3.75. The van der Waals surface area contributed by atoms with E-state index in [1.165, 1.54) is 90.2 Å². The van der Waals surface area contributed by atoms with E-state index in [1.54, 1.807) is 0 Å². The quantitative estimate of drug-likeness (QED) is 0.138. The Morgan fingerprint density at radius 3 is 1.68 bits per heavy atom. The predicted octanol–water partition coefficient (Wildman–Crippen LogP) is 7.24. The predicted molar refractivity (Wildman–Crippen MR) is 137 cm³/mol. The molecule has 34 heavy (non-hydrogen) atoms. The van der Waals surface area contributed by atoms with Crippen molar-refractivity contribution in [3.05, 3.63) is 41.5 Å². The van der Waals surface area contributed by atoms with Crippen molar-refractivity contribution < 1.29 is 23.9 Å². The molecule has 0 saturated carbocycles. The minimum absolute atomic E-state index is 0.143. The lowest BCUT2D eigenvalue weighted by atomic mass is 10.1. The first-order valence-corrected chi connectivity index (χ1v) is 12.8. The summed E-state index contributed by atoms with van der Waals surface area (Å²) in [5, 5.41) is 2.77. The Hall–Kier alpha value is -2.63. The minimum Gasteiger partial charge on any atom is -0.465 e. The summed E-state index contributed by atoms with van der Waals surface area (Å²) in [7, 11) is 2.52. The van der Waals surface area contributed by atoms with Crippen LogP contribution in [0.1, 0.15) is 118 Å². The van der Waals surface area contributed by atoms with Gasteiger partial charge in [0.1, 0.15) is 0 Å². The summed E-state index contributed by atoms with van der Waals surface area (Å²) in [5.74, 6) is -1.31. The number of allylic oxidation sites excluding steroid dienone is 2. The van der Waals surface area contributed by atoms with Crippen molar-refractivity contribution in [3.63, 3.8) is 0 Å². The third kappa shape index (κ3) is 13.2. The smallest absolute Gasteiger partial charge is 0.337 e. The molecule has 0 atom stereocenters. The summed E-state index contributed by atoms with van der Waals surface area (Å²) < 4.78 is 9.43. The second-order valence-electron chi connectivity index (χ2n) is 8.66. The summed E-state index contributed by atoms with van der Waals surface area (Å²) >= 11 is 0. The van der Waals surface area contributed by atoms with Gasteiger partial charge in [0.2, 0.25) is 5.91 Å². The van der Waals surface area contributed by atoms with Crippen LogP contribution in [0.5, 0.6) is 0 Å². The number of ether oxygens (including phenoxy) is 2. The largest absolute Gasteiger partial charge is 0.465 e. The van der Waals surface area contributed by atoms with E-state index in [-0.39, 0.29) is 17.0 Å². The third-order valence-corrected chi connectivity index (χ3v) is 5.72.